The van der Waals surface area contributed by atoms with Gasteiger partial charge in [0, 0.05) is 18.8 Å². The monoisotopic (exact) mass is 292 g/mol. The Morgan fingerprint density at radius 3 is 2.90 bits per heavy atom. The van der Waals surface area contributed by atoms with Gasteiger partial charge in [-0.15, -0.1) is 0 Å². The molecular formula is C17H28N2O2. The molecule has 0 bridgehead atoms. The van der Waals surface area contributed by atoms with Crippen LogP contribution in [-0.2, 0) is 11.3 Å². The Morgan fingerprint density at radius 2 is 2.24 bits per heavy atom. The fourth-order valence-electron chi connectivity index (χ4n) is 2.70. The van der Waals surface area contributed by atoms with Gasteiger partial charge in [-0.2, -0.15) is 0 Å². The third-order valence-corrected chi connectivity index (χ3v) is 3.96. The van der Waals surface area contributed by atoms with Crippen LogP contribution in [0.4, 0.5) is 5.69 Å². The second kappa shape index (κ2) is 7.78. The Kier molecular flexibility index (Phi) is 6.03. The first kappa shape index (κ1) is 16.3. The van der Waals surface area contributed by atoms with Gasteiger partial charge < -0.3 is 20.1 Å². The minimum Gasteiger partial charge on any atom is -0.394 e. The first-order valence-corrected chi connectivity index (χ1v) is 7.87. The van der Waals surface area contributed by atoms with Crippen molar-refractivity contribution in [3.05, 3.63) is 29.3 Å². The number of aliphatic hydroxyl groups excluding tert-OH is 1. The van der Waals surface area contributed by atoms with Gasteiger partial charge in [-0.3, -0.25) is 0 Å². The number of benzene rings is 1. The zero-order chi connectivity index (χ0) is 15.2. The highest BCUT2D eigenvalue weighted by Gasteiger charge is 2.22. The zero-order valence-corrected chi connectivity index (χ0v) is 13.4. The molecule has 21 heavy (non-hydrogen) atoms. The zero-order valence-electron chi connectivity index (χ0n) is 13.4. The van der Waals surface area contributed by atoms with Crippen LogP contribution in [0.2, 0.25) is 0 Å². The molecule has 0 radical (unpaired) electrons. The highest BCUT2D eigenvalue weighted by atomic mass is 16.5. The molecule has 1 aliphatic heterocycles. The van der Waals surface area contributed by atoms with Crippen molar-refractivity contribution in [2.24, 2.45) is 5.92 Å². The molecule has 1 aliphatic rings. The number of rotatable bonds is 6. The largest absolute Gasteiger partial charge is 0.394 e. The van der Waals surface area contributed by atoms with Gasteiger partial charge >= 0.3 is 0 Å². The molecule has 0 spiro atoms. The van der Waals surface area contributed by atoms with Gasteiger partial charge in [0.25, 0.3) is 0 Å². The first-order valence-electron chi connectivity index (χ1n) is 7.87. The molecule has 2 rings (SSSR count). The minimum atomic E-state index is 0.0723. The average molecular weight is 292 g/mol. The lowest BCUT2D eigenvalue weighted by molar-refractivity contribution is 0.0727. The van der Waals surface area contributed by atoms with E-state index in [2.05, 4.69) is 49.2 Å². The number of nitrogens with zero attached hydrogens (tertiary/aromatic N) is 1. The van der Waals surface area contributed by atoms with Crippen LogP contribution in [0.1, 0.15) is 25.0 Å². The Labute approximate surface area is 128 Å². The maximum absolute atomic E-state index is 9.48. The molecule has 1 aromatic carbocycles. The van der Waals surface area contributed by atoms with Crippen LogP contribution < -0.4 is 10.2 Å². The lowest BCUT2D eigenvalue weighted by Crippen LogP contribution is -2.47. The highest BCUT2D eigenvalue weighted by Crippen LogP contribution is 2.23. The van der Waals surface area contributed by atoms with E-state index in [4.69, 9.17) is 4.74 Å². The van der Waals surface area contributed by atoms with E-state index in [9.17, 15) is 5.11 Å². The lowest BCUT2D eigenvalue weighted by Gasteiger charge is -2.36. The van der Waals surface area contributed by atoms with Crippen molar-refractivity contribution in [1.29, 1.82) is 0 Å². The molecule has 1 unspecified atom stereocenters. The maximum atomic E-state index is 9.48. The van der Waals surface area contributed by atoms with Crippen LogP contribution in [0.15, 0.2) is 18.2 Å². The third-order valence-electron chi connectivity index (χ3n) is 3.96. The van der Waals surface area contributed by atoms with Crippen molar-refractivity contribution in [2.45, 2.75) is 33.4 Å². The summed E-state index contributed by atoms with van der Waals surface area (Å²) in [7, 11) is 0. The number of hydrogen-bond acceptors (Lipinski definition) is 4. The molecule has 0 saturated carbocycles. The summed E-state index contributed by atoms with van der Waals surface area (Å²) in [5, 5.41) is 13.0. The second-order valence-corrected chi connectivity index (χ2v) is 6.24. The molecule has 1 heterocycles. The van der Waals surface area contributed by atoms with Crippen molar-refractivity contribution in [2.75, 3.05) is 37.8 Å². The van der Waals surface area contributed by atoms with E-state index in [1.54, 1.807) is 0 Å². The van der Waals surface area contributed by atoms with E-state index in [0.29, 0.717) is 12.5 Å². The standard InChI is InChI=1S/C17H28N2O2/c1-13(2)9-18-10-15-4-5-16(8-14(15)3)19-6-7-21-12-17(19)11-20/h4-5,8,13,17-18,20H,6-7,9-12H2,1-3H3. The van der Waals surface area contributed by atoms with Gasteiger partial charge in [0.05, 0.1) is 25.9 Å². The van der Waals surface area contributed by atoms with Crippen molar-refractivity contribution in [3.8, 4) is 0 Å². The Hall–Kier alpha value is -1.10. The van der Waals surface area contributed by atoms with E-state index >= 15 is 0 Å². The molecule has 118 valence electrons. The molecular weight excluding hydrogens is 264 g/mol. The normalized spacial score (nSPS) is 19.3. The molecule has 1 saturated heterocycles. The molecule has 1 atom stereocenters. The van der Waals surface area contributed by atoms with Gasteiger partial charge in [0.2, 0.25) is 0 Å². The molecule has 0 aromatic heterocycles. The fraction of sp³-hybridized carbons (Fsp3) is 0.647. The van der Waals surface area contributed by atoms with Gasteiger partial charge in [0.1, 0.15) is 0 Å². The molecule has 4 nitrogen and oxygen atoms in total. The molecule has 0 aliphatic carbocycles. The number of anilines is 1. The van der Waals surface area contributed by atoms with Crippen LogP contribution >= 0.6 is 0 Å². The average Bonchev–Trinajstić information content (AvgIpc) is 2.48. The highest BCUT2D eigenvalue weighted by molar-refractivity contribution is 5.52. The Morgan fingerprint density at radius 1 is 1.43 bits per heavy atom. The van der Waals surface area contributed by atoms with Gasteiger partial charge in [-0.05, 0) is 42.6 Å². The summed E-state index contributed by atoms with van der Waals surface area (Å²) in [5.74, 6) is 0.670. The van der Waals surface area contributed by atoms with Crippen molar-refractivity contribution < 1.29 is 9.84 Å². The number of aliphatic hydroxyl groups is 1. The van der Waals surface area contributed by atoms with Crippen molar-refractivity contribution in [3.63, 3.8) is 0 Å². The number of hydrogen-bond donors (Lipinski definition) is 2. The first-order chi connectivity index (χ1) is 10.1. The lowest BCUT2D eigenvalue weighted by atomic mass is 10.1. The number of ether oxygens (including phenoxy) is 1. The van der Waals surface area contributed by atoms with E-state index in [0.717, 1.165) is 26.2 Å². The summed E-state index contributed by atoms with van der Waals surface area (Å²) in [5.41, 5.74) is 3.82. The predicted molar refractivity (Wildman–Crippen MR) is 86.8 cm³/mol. The van der Waals surface area contributed by atoms with Crippen LogP contribution in [0.3, 0.4) is 0 Å². The molecule has 4 heteroatoms. The van der Waals surface area contributed by atoms with Crippen LogP contribution in [-0.4, -0.2) is 44.1 Å². The van der Waals surface area contributed by atoms with E-state index in [1.807, 2.05) is 0 Å². The summed E-state index contributed by atoms with van der Waals surface area (Å²) in [6.45, 7) is 10.9. The Balaban J connectivity index is 2.03. The number of aryl methyl sites for hydroxylation is 1. The maximum Gasteiger partial charge on any atom is 0.0755 e. The summed E-state index contributed by atoms with van der Waals surface area (Å²) in [4.78, 5) is 2.25. The van der Waals surface area contributed by atoms with Crippen molar-refractivity contribution >= 4 is 5.69 Å². The quantitative estimate of drug-likeness (QED) is 0.841. The molecule has 0 amide bonds. The molecule has 1 fully saturated rings. The summed E-state index contributed by atoms with van der Waals surface area (Å²) < 4.78 is 5.44. The number of morpholine rings is 1. The van der Waals surface area contributed by atoms with Gasteiger partial charge in [-0.1, -0.05) is 19.9 Å². The smallest absolute Gasteiger partial charge is 0.0755 e. The third kappa shape index (κ3) is 4.43. The van der Waals surface area contributed by atoms with E-state index in [-0.39, 0.29) is 12.6 Å². The molecule has 1 aromatic rings. The predicted octanol–water partition coefficient (Wildman–Crippen LogP) is 1.94. The van der Waals surface area contributed by atoms with Crippen LogP contribution in [0.5, 0.6) is 0 Å². The summed E-state index contributed by atoms with van der Waals surface area (Å²) in [6, 6.07) is 6.65. The van der Waals surface area contributed by atoms with E-state index < -0.39 is 0 Å². The minimum absolute atomic E-state index is 0.0723. The fourth-order valence-corrected chi connectivity index (χ4v) is 2.70. The summed E-state index contributed by atoms with van der Waals surface area (Å²) >= 11 is 0. The van der Waals surface area contributed by atoms with Crippen molar-refractivity contribution in [1.82, 2.24) is 5.32 Å². The topological polar surface area (TPSA) is 44.7 Å². The van der Waals surface area contributed by atoms with Gasteiger partial charge in [-0.25, -0.2) is 0 Å². The Bertz CT molecular complexity index is 448. The SMILES string of the molecule is Cc1cc(N2CCOCC2CO)ccc1CNCC(C)C. The molecule has 2 N–H and O–H groups in total. The number of nitrogens with one attached hydrogen (secondary N) is 1. The van der Waals surface area contributed by atoms with Crippen LogP contribution in [0.25, 0.3) is 0 Å². The summed E-state index contributed by atoms with van der Waals surface area (Å²) in [6.07, 6.45) is 0. The van der Waals surface area contributed by atoms with E-state index in [1.165, 1.54) is 16.8 Å². The second-order valence-electron chi connectivity index (χ2n) is 6.24. The van der Waals surface area contributed by atoms with Crippen LogP contribution in [0, 0.1) is 12.8 Å². The van der Waals surface area contributed by atoms with Gasteiger partial charge in [0.15, 0.2) is 0 Å².